The number of esters is 2. The molecule has 0 aliphatic rings. The minimum absolute atomic E-state index is 0.407. The average Bonchev–Trinajstić information content (AvgIpc) is 2.56. The summed E-state index contributed by atoms with van der Waals surface area (Å²) in [6.07, 6.45) is 0. The third-order valence-corrected chi connectivity index (χ3v) is 3.91. The number of hydrogen-bond acceptors (Lipinski definition) is 4. The van der Waals surface area contributed by atoms with Crippen molar-refractivity contribution in [3.63, 3.8) is 0 Å². The fraction of sp³-hybridized carbons (Fsp3) is 0.143. The Kier molecular flexibility index (Phi) is 4.28. The standard InChI is InChI=1S/C21H18O4/c1-12(2)15-9-10-18-19(11-15)21(25-14(4)23)17-8-6-5-7-16(17)20(18)24-13(3)22/h5-11H,1H2,2-4H3. The smallest absolute Gasteiger partial charge is 0.308 e. The lowest BCUT2D eigenvalue weighted by Crippen LogP contribution is -2.06. The molecule has 0 aromatic heterocycles. The number of fused-ring (bicyclic) bond motifs is 2. The van der Waals surface area contributed by atoms with Gasteiger partial charge in [-0.15, -0.1) is 0 Å². The molecule has 126 valence electrons. The molecule has 0 fully saturated rings. The van der Waals surface area contributed by atoms with E-state index in [0.717, 1.165) is 11.1 Å². The minimum atomic E-state index is -0.410. The second kappa shape index (κ2) is 6.40. The molecule has 0 atom stereocenters. The van der Waals surface area contributed by atoms with Crippen LogP contribution in [-0.4, -0.2) is 11.9 Å². The molecule has 3 rings (SSSR count). The fourth-order valence-corrected chi connectivity index (χ4v) is 2.87. The maximum Gasteiger partial charge on any atom is 0.308 e. The van der Waals surface area contributed by atoms with Crippen LogP contribution in [0.5, 0.6) is 11.5 Å². The summed E-state index contributed by atoms with van der Waals surface area (Å²) in [6.45, 7) is 8.59. The highest BCUT2D eigenvalue weighted by Gasteiger charge is 2.18. The van der Waals surface area contributed by atoms with Crippen LogP contribution in [-0.2, 0) is 9.59 Å². The van der Waals surface area contributed by atoms with E-state index in [1.165, 1.54) is 13.8 Å². The van der Waals surface area contributed by atoms with Gasteiger partial charge in [0, 0.05) is 35.4 Å². The highest BCUT2D eigenvalue weighted by Crippen LogP contribution is 2.43. The predicted molar refractivity (Wildman–Crippen MR) is 98.8 cm³/mol. The van der Waals surface area contributed by atoms with Gasteiger partial charge in [-0.25, -0.2) is 0 Å². The number of hydrogen-bond donors (Lipinski definition) is 0. The van der Waals surface area contributed by atoms with Gasteiger partial charge in [-0.3, -0.25) is 9.59 Å². The zero-order valence-corrected chi connectivity index (χ0v) is 14.4. The normalized spacial score (nSPS) is 10.7. The second-order valence-corrected chi connectivity index (χ2v) is 5.93. The van der Waals surface area contributed by atoms with Crippen molar-refractivity contribution in [2.75, 3.05) is 0 Å². The van der Waals surface area contributed by atoms with Gasteiger partial charge in [-0.2, -0.15) is 0 Å². The Morgan fingerprint density at radius 3 is 1.72 bits per heavy atom. The van der Waals surface area contributed by atoms with E-state index in [-0.39, 0.29) is 0 Å². The number of ether oxygens (including phenoxy) is 2. The Hall–Kier alpha value is -3.14. The third kappa shape index (κ3) is 3.11. The van der Waals surface area contributed by atoms with Gasteiger partial charge in [-0.05, 0) is 24.6 Å². The van der Waals surface area contributed by atoms with Gasteiger partial charge < -0.3 is 9.47 Å². The summed E-state index contributed by atoms with van der Waals surface area (Å²) in [5.41, 5.74) is 1.81. The number of rotatable bonds is 3. The minimum Gasteiger partial charge on any atom is -0.425 e. The second-order valence-electron chi connectivity index (χ2n) is 5.93. The largest absolute Gasteiger partial charge is 0.425 e. The van der Waals surface area contributed by atoms with E-state index >= 15 is 0 Å². The van der Waals surface area contributed by atoms with E-state index in [1.807, 2.05) is 49.4 Å². The third-order valence-electron chi connectivity index (χ3n) is 3.91. The zero-order valence-electron chi connectivity index (χ0n) is 14.4. The molecule has 3 aromatic rings. The lowest BCUT2D eigenvalue weighted by Gasteiger charge is -2.16. The van der Waals surface area contributed by atoms with Gasteiger partial charge in [0.05, 0.1) is 0 Å². The average molecular weight is 334 g/mol. The Morgan fingerprint density at radius 2 is 1.24 bits per heavy atom. The maximum absolute atomic E-state index is 11.7. The van der Waals surface area contributed by atoms with E-state index in [0.29, 0.717) is 33.0 Å². The summed E-state index contributed by atoms with van der Waals surface area (Å²) >= 11 is 0. The van der Waals surface area contributed by atoms with Crippen molar-refractivity contribution >= 4 is 39.1 Å². The summed E-state index contributed by atoms with van der Waals surface area (Å²) in [4.78, 5) is 23.3. The van der Waals surface area contributed by atoms with Crippen LogP contribution in [0.25, 0.3) is 27.1 Å². The van der Waals surface area contributed by atoms with E-state index in [9.17, 15) is 9.59 Å². The van der Waals surface area contributed by atoms with E-state index in [2.05, 4.69) is 6.58 Å². The Bertz CT molecular complexity index is 1030. The molecule has 4 heteroatoms. The van der Waals surface area contributed by atoms with Crippen molar-refractivity contribution in [1.29, 1.82) is 0 Å². The summed E-state index contributed by atoms with van der Waals surface area (Å²) < 4.78 is 11.0. The first-order valence-corrected chi connectivity index (χ1v) is 7.89. The molecule has 0 aliphatic heterocycles. The van der Waals surface area contributed by atoms with Crippen LogP contribution >= 0.6 is 0 Å². The summed E-state index contributed by atoms with van der Waals surface area (Å²) in [5.74, 6) is 0.0995. The lowest BCUT2D eigenvalue weighted by molar-refractivity contribution is -0.132. The molecule has 0 N–H and O–H groups in total. The first-order chi connectivity index (χ1) is 11.9. The van der Waals surface area contributed by atoms with Crippen LogP contribution in [0.4, 0.5) is 0 Å². The first-order valence-electron chi connectivity index (χ1n) is 7.89. The van der Waals surface area contributed by atoms with E-state index in [4.69, 9.17) is 9.47 Å². The quantitative estimate of drug-likeness (QED) is 0.389. The number of allylic oxidation sites excluding steroid dienone is 1. The molecule has 0 unspecified atom stereocenters. The molecular formula is C21H18O4. The van der Waals surface area contributed by atoms with Gasteiger partial charge in [0.25, 0.3) is 0 Å². The monoisotopic (exact) mass is 334 g/mol. The highest BCUT2D eigenvalue weighted by atomic mass is 16.5. The molecule has 0 heterocycles. The SMILES string of the molecule is C=C(C)c1ccc2c(OC(C)=O)c3ccccc3c(OC(C)=O)c2c1. The molecule has 0 saturated carbocycles. The molecule has 0 saturated heterocycles. The van der Waals surface area contributed by atoms with Crippen LogP contribution in [0.3, 0.4) is 0 Å². The van der Waals surface area contributed by atoms with Gasteiger partial charge >= 0.3 is 11.9 Å². The van der Waals surface area contributed by atoms with Crippen LogP contribution in [0.1, 0.15) is 26.3 Å². The van der Waals surface area contributed by atoms with Gasteiger partial charge in [0.2, 0.25) is 0 Å². The molecular weight excluding hydrogens is 316 g/mol. The number of carbonyl (C=O) groups is 2. The Labute approximate surface area is 145 Å². The van der Waals surface area contributed by atoms with Crippen LogP contribution < -0.4 is 9.47 Å². The molecule has 0 spiro atoms. The van der Waals surface area contributed by atoms with Crippen LogP contribution in [0.15, 0.2) is 49.0 Å². The topological polar surface area (TPSA) is 52.6 Å². The molecule has 3 aromatic carbocycles. The Balaban J connectivity index is 2.50. The van der Waals surface area contributed by atoms with E-state index in [1.54, 1.807) is 0 Å². The first kappa shape index (κ1) is 16.7. The molecule has 0 radical (unpaired) electrons. The van der Waals surface area contributed by atoms with Crippen LogP contribution in [0, 0.1) is 0 Å². The summed E-state index contributed by atoms with van der Waals surface area (Å²) in [7, 11) is 0. The van der Waals surface area contributed by atoms with Crippen molar-refractivity contribution in [1.82, 2.24) is 0 Å². The molecule has 25 heavy (non-hydrogen) atoms. The summed E-state index contributed by atoms with van der Waals surface area (Å²) in [5, 5.41) is 2.82. The maximum atomic E-state index is 11.7. The van der Waals surface area contributed by atoms with Crippen molar-refractivity contribution in [2.24, 2.45) is 0 Å². The van der Waals surface area contributed by atoms with Crippen molar-refractivity contribution in [3.05, 3.63) is 54.6 Å². The van der Waals surface area contributed by atoms with Crippen LogP contribution in [0.2, 0.25) is 0 Å². The molecule has 0 aliphatic carbocycles. The number of benzene rings is 3. The molecule has 0 bridgehead atoms. The van der Waals surface area contributed by atoms with E-state index < -0.39 is 11.9 Å². The fourth-order valence-electron chi connectivity index (χ4n) is 2.87. The van der Waals surface area contributed by atoms with Gasteiger partial charge in [0.15, 0.2) is 0 Å². The van der Waals surface area contributed by atoms with Crippen molar-refractivity contribution in [3.8, 4) is 11.5 Å². The highest BCUT2D eigenvalue weighted by molar-refractivity contribution is 6.13. The van der Waals surface area contributed by atoms with Crippen molar-refractivity contribution < 1.29 is 19.1 Å². The van der Waals surface area contributed by atoms with Gasteiger partial charge in [0.1, 0.15) is 11.5 Å². The molecule has 0 amide bonds. The number of carbonyl (C=O) groups excluding carboxylic acids is 2. The van der Waals surface area contributed by atoms with Gasteiger partial charge in [-0.1, -0.05) is 42.5 Å². The summed E-state index contributed by atoms with van der Waals surface area (Å²) in [6, 6.07) is 13.0. The lowest BCUT2D eigenvalue weighted by atomic mass is 9.97. The van der Waals surface area contributed by atoms with Crippen molar-refractivity contribution in [2.45, 2.75) is 20.8 Å². The zero-order chi connectivity index (χ0) is 18.1. The predicted octanol–water partition coefficient (Wildman–Crippen LogP) is 4.88. The molecule has 4 nitrogen and oxygen atoms in total. The Morgan fingerprint density at radius 1 is 0.760 bits per heavy atom.